The van der Waals surface area contributed by atoms with E-state index in [1.165, 1.54) is 6.20 Å². The molecule has 0 spiro atoms. The standard InChI is InChI=1S/C25H28N4O5/c1-4-29-13-18(23(30)17-9-21-22(10-20(17)29)34-14-33-21)24(31)28-19(8-15(2)3)25(32)27-12-16-6-5-7-26-11-16/h5-7,9-11,13,15,19H,4,8,12,14H2,1-3H3,(H,27,32)(H,28,31)/t19-/m1/s1. The van der Waals surface area contributed by atoms with Gasteiger partial charge in [0.1, 0.15) is 11.6 Å². The van der Waals surface area contributed by atoms with Gasteiger partial charge in [0.05, 0.1) is 10.9 Å². The molecule has 9 heteroatoms. The van der Waals surface area contributed by atoms with Gasteiger partial charge in [-0.3, -0.25) is 19.4 Å². The van der Waals surface area contributed by atoms with Gasteiger partial charge < -0.3 is 24.7 Å². The van der Waals surface area contributed by atoms with Crippen LogP contribution in [0, 0.1) is 5.92 Å². The monoisotopic (exact) mass is 464 g/mol. The summed E-state index contributed by atoms with van der Waals surface area (Å²) in [4.78, 5) is 43.4. The van der Waals surface area contributed by atoms with Gasteiger partial charge in [0, 0.05) is 37.7 Å². The van der Waals surface area contributed by atoms with E-state index >= 15 is 0 Å². The number of carbonyl (C=O) groups is 2. The number of rotatable bonds is 8. The van der Waals surface area contributed by atoms with Gasteiger partial charge in [-0.15, -0.1) is 0 Å². The second-order valence-electron chi connectivity index (χ2n) is 8.62. The van der Waals surface area contributed by atoms with Gasteiger partial charge in [-0.25, -0.2) is 0 Å². The summed E-state index contributed by atoms with van der Waals surface area (Å²) in [6, 6.07) is 6.22. The van der Waals surface area contributed by atoms with Crippen LogP contribution in [0.4, 0.5) is 0 Å². The maximum absolute atomic E-state index is 13.2. The van der Waals surface area contributed by atoms with Crippen molar-refractivity contribution in [2.45, 2.75) is 46.3 Å². The third kappa shape index (κ3) is 4.88. The Hall–Kier alpha value is -3.88. The van der Waals surface area contributed by atoms with Gasteiger partial charge in [0.25, 0.3) is 5.91 Å². The highest BCUT2D eigenvalue weighted by Gasteiger charge is 2.25. The zero-order valence-electron chi connectivity index (χ0n) is 19.5. The molecule has 2 amide bonds. The fourth-order valence-electron chi connectivity index (χ4n) is 3.96. The van der Waals surface area contributed by atoms with E-state index < -0.39 is 17.4 Å². The minimum atomic E-state index is -0.786. The largest absolute Gasteiger partial charge is 0.454 e. The van der Waals surface area contributed by atoms with Crippen LogP contribution in [0.15, 0.2) is 47.7 Å². The first-order valence-electron chi connectivity index (χ1n) is 11.3. The second kappa shape index (κ2) is 9.94. The third-order valence-electron chi connectivity index (χ3n) is 5.68. The highest BCUT2D eigenvalue weighted by atomic mass is 16.7. The Bertz CT molecular complexity index is 1270. The van der Waals surface area contributed by atoms with Crippen LogP contribution in [0.5, 0.6) is 11.5 Å². The highest BCUT2D eigenvalue weighted by Crippen LogP contribution is 2.35. The Labute approximate surface area is 197 Å². The number of aryl methyl sites for hydroxylation is 1. The summed E-state index contributed by atoms with van der Waals surface area (Å²) >= 11 is 0. The Morgan fingerprint density at radius 3 is 2.65 bits per heavy atom. The maximum atomic E-state index is 13.2. The van der Waals surface area contributed by atoms with Crippen LogP contribution in [-0.4, -0.2) is 34.2 Å². The molecule has 1 aliphatic heterocycles. The van der Waals surface area contributed by atoms with Crippen molar-refractivity contribution < 1.29 is 19.1 Å². The van der Waals surface area contributed by atoms with Gasteiger partial charge in [-0.05, 0) is 37.0 Å². The van der Waals surface area contributed by atoms with E-state index in [1.807, 2.05) is 31.4 Å². The average Bonchev–Trinajstić information content (AvgIpc) is 3.29. The molecule has 2 N–H and O–H groups in total. The van der Waals surface area contributed by atoms with Crippen LogP contribution < -0.4 is 25.5 Å². The topological polar surface area (TPSA) is 112 Å². The quantitative estimate of drug-likeness (QED) is 0.530. The van der Waals surface area contributed by atoms with E-state index in [-0.39, 0.29) is 24.2 Å². The lowest BCUT2D eigenvalue weighted by atomic mass is 10.0. The lowest BCUT2D eigenvalue weighted by Crippen LogP contribution is -2.48. The third-order valence-corrected chi connectivity index (χ3v) is 5.68. The molecule has 1 aromatic carbocycles. The van der Waals surface area contributed by atoms with E-state index in [1.54, 1.807) is 30.6 Å². The Balaban J connectivity index is 1.60. The summed E-state index contributed by atoms with van der Waals surface area (Å²) in [5.41, 5.74) is 1.06. The molecular weight excluding hydrogens is 436 g/mol. The summed E-state index contributed by atoms with van der Waals surface area (Å²) in [7, 11) is 0. The Morgan fingerprint density at radius 1 is 1.21 bits per heavy atom. The number of hydrogen-bond acceptors (Lipinski definition) is 6. The molecule has 4 rings (SSSR count). The van der Waals surface area contributed by atoms with Crippen molar-refractivity contribution >= 4 is 22.7 Å². The van der Waals surface area contributed by atoms with Gasteiger partial charge in [0.15, 0.2) is 11.5 Å². The highest BCUT2D eigenvalue weighted by molar-refractivity contribution is 6.00. The van der Waals surface area contributed by atoms with Crippen LogP contribution in [0.2, 0.25) is 0 Å². The molecule has 178 valence electrons. The summed E-state index contributed by atoms with van der Waals surface area (Å²) in [6.07, 6.45) is 5.29. The average molecular weight is 465 g/mol. The lowest BCUT2D eigenvalue weighted by molar-refractivity contribution is -0.123. The molecular formula is C25H28N4O5. The number of benzene rings is 1. The van der Waals surface area contributed by atoms with Gasteiger partial charge >= 0.3 is 0 Å². The number of carbonyl (C=O) groups excluding carboxylic acids is 2. The molecule has 34 heavy (non-hydrogen) atoms. The van der Waals surface area contributed by atoms with Crippen molar-refractivity contribution in [1.29, 1.82) is 0 Å². The van der Waals surface area contributed by atoms with Crippen molar-refractivity contribution in [2.75, 3.05) is 6.79 Å². The number of nitrogens with one attached hydrogen (secondary N) is 2. The van der Waals surface area contributed by atoms with Crippen molar-refractivity contribution in [1.82, 2.24) is 20.2 Å². The molecule has 0 bridgehead atoms. The van der Waals surface area contributed by atoms with Crippen LogP contribution in [0.3, 0.4) is 0 Å². The predicted molar refractivity (Wildman–Crippen MR) is 127 cm³/mol. The summed E-state index contributed by atoms with van der Waals surface area (Å²) in [5, 5.41) is 5.98. The fraction of sp³-hybridized carbons (Fsp3) is 0.360. The molecule has 9 nitrogen and oxygen atoms in total. The lowest BCUT2D eigenvalue weighted by Gasteiger charge is -2.21. The summed E-state index contributed by atoms with van der Waals surface area (Å²) in [6.45, 7) is 6.78. The van der Waals surface area contributed by atoms with Crippen molar-refractivity contribution in [2.24, 2.45) is 5.92 Å². The van der Waals surface area contributed by atoms with E-state index in [9.17, 15) is 14.4 Å². The number of pyridine rings is 2. The molecule has 0 saturated heterocycles. The van der Waals surface area contributed by atoms with Crippen LogP contribution in [0.1, 0.15) is 43.1 Å². The van der Waals surface area contributed by atoms with E-state index in [4.69, 9.17) is 9.47 Å². The predicted octanol–water partition coefficient (Wildman–Crippen LogP) is 2.61. The van der Waals surface area contributed by atoms with Crippen LogP contribution in [0.25, 0.3) is 10.9 Å². The van der Waals surface area contributed by atoms with Crippen molar-refractivity contribution in [3.8, 4) is 11.5 Å². The van der Waals surface area contributed by atoms with Crippen LogP contribution in [-0.2, 0) is 17.9 Å². The number of hydrogen-bond donors (Lipinski definition) is 2. The number of fused-ring (bicyclic) bond motifs is 2. The minimum absolute atomic E-state index is 0.0259. The first kappa shape index (κ1) is 23.3. The first-order chi connectivity index (χ1) is 16.4. The van der Waals surface area contributed by atoms with E-state index in [0.29, 0.717) is 41.9 Å². The zero-order valence-corrected chi connectivity index (χ0v) is 19.5. The molecule has 0 unspecified atom stereocenters. The van der Waals surface area contributed by atoms with E-state index in [0.717, 1.165) is 5.56 Å². The second-order valence-corrected chi connectivity index (χ2v) is 8.62. The van der Waals surface area contributed by atoms with Crippen molar-refractivity contribution in [3.05, 3.63) is 64.2 Å². The maximum Gasteiger partial charge on any atom is 0.257 e. The molecule has 0 radical (unpaired) electrons. The molecule has 0 saturated carbocycles. The number of amides is 2. The van der Waals surface area contributed by atoms with Gasteiger partial charge in [0.2, 0.25) is 18.1 Å². The number of nitrogens with zero attached hydrogens (tertiary/aromatic N) is 2. The molecule has 3 heterocycles. The molecule has 1 atom stereocenters. The molecule has 2 aromatic heterocycles. The summed E-state index contributed by atoms with van der Waals surface area (Å²) in [5.74, 6) is 0.281. The number of aromatic nitrogens is 2. The molecule has 0 fully saturated rings. The smallest absolute Gasteiger partial charge is 0.257 e. The SMILES string of the molecule is CCn1cc(C(=O)N[C@H](CC(C)C)C(=O)NCc2cccnc2)c(=O)c2cc3c(cc21)OCO3. The Morgan fingerprint density at radius 2 is 1.97 bits per heavy atom. The van der Waals surface area contributed by atoms with Crippen molar-refractivity contribution in [3.63, 3.8) is 0 Å². The molecule has 0 aliphatic carbocycles. The fourth-order valence-corrected chi connectivity index (χ4v) is 3.96. The van der Waals surface area contributed by atoms with Crippen LogP contribution >= 0.6 is 0 Å². The normalized spacial score (nSPS) is 13.2. The van der Waals surface area contributed by atoms with E-state index in [2.05, 4.69) is 15.6 Å². The van der Waals surface area contributed by atoms with Gasteiger partial charge in [-0.2, -0.15) is 0 Å². The van der Waals surface area contributed by atoms with Gasteiger partial charge in [-0.1, -0.05) is 19.9 Å². The summed E-state index contributed by atoms with van der Waals surface area (Å²) < 4.78 is 12.7. The zero-order chi connectivity index (χ0) is 24.2. The number of ether oxygens (including phenoxy) is 2. The minimum Gasteiger partial charge on any atom is -0.454 e. The molecule has 1 aliphatic rings. The molecule has 3 aromatic rings. The Kier molecular flexibility index (Phi) is 6.81. The first-order valence-corrected chi connectivity index (χ1v) is 11.3.